The number of nitrogens with zero attached hydrogens (tertiary/aromatic N) is 2. The molecule has 1 aliphatic heterocycles. The number of aliphatic hydroxyl groups is 1. The summed E-state index contributed by atoms with van der Waals surface area (Å²) in [7, 11) is 1.78. The second-order valence-corrected chi connectivity index (χ2v) is 6.85. The number of hydrogen-bond donors (Lipinski definition) is 2. The van der Waals surface area contributed by atoms with E-state index in [1.165, 1.54) is 5.56 Å². The predicted octanol–water partition coefficient (Wildman–Crippen LogP) is 2.39. The van der Waals surface area contributed by atoms with Gasteiger partial charge in [-0.3, -0.25) is 9.59 Å². The number of aromatic nitrogens is 1. The van der Waals surface area contributed by atoms with E-state index in [1.54, 1.807) is 17.7 Å². The van der Waals surface area contributed by atoms with E-state index in [0.29, 0.717) is 5.92 Å². The Morgan fingerprint density at radius 3 is 2.41 bits per heavy atom. The van der Waals surface area contributed by atoms with Crippen molar-refractivity contribution in [1.29, 1.82) is 0 Å². The molecule has 1 atom stereocenters. The molecule has 3 rings (SSSR count). The molecule has 0 saturated carbocycles. The van der Waals surface area contributed by atoms with Crippen LogP contribution < -0.4 is 5.56 Å². The van der Waals surface area contributed by atoms with Gasteiger partial charge < -0.3 is 19.7 Å². The fourth-order valence-corrected chi connectivity index (χ4v) is 3.45. The van der Waals surface area contributed by atoms with Gasteiger partial charge in [0.05, 0.1) is 6.10 Å². The quantitative estimate of drug-likeness (QED) is 0.788. The highest BCUT2D eigenvalue weighted by molar-refractivity contribution is 5.32. The van der Waals surface area contributed by atoms with E-state index in [2.05, 4.69) is 11.0 Å². The molecule has 1 fully saturated rings. The molecule has 146 valence electrons. The minimum absolute atomic E-state index is 0.0703. The van der Waals surface area contributed by atoms with Gasteiger partial charge in [0.2, 0.25) is 0 Å². The first-order valence-electron chi connectivity index (χ1n) is 9.25. The third kappa shape index (κ3) is 6.34. The average molecular weight is 372 g/mol. The Labute approximate surface area is 159 Å². The Hall–Kier alpha value is -2.44. The average Bonchev–Trinajstić information content (AvgIpc) is 2.70. The largest absolute Gasteiger partial charge is 0.483 e. The number of pyridine rings is 1. The van der Waals surface area contributed by atoms with Crippen LogP contribution in [0, 0.1) is 0 Å². The summed E-state index contributed by atoms with van der Waals surface area (Å²) in [5.41, 5.74) is 2.23. The lowest BCUT2D eigenvalue weighted by Gasteiger charge is -2.32. The molecule has 2 aromatic rings. The van der Waals surface area contributed by atoms with Crippen molar-refractivity contribution in [3.63, 3.8) is 0 Å². The van der Waals surface area contributed by atoms with Crippen molar-refractivity contribution in [2.24, 2.45) is 7.05 Å². The van der Waals surface area contributed by atoms with Crippen LogP contribution in [0.3, 0.4) is 0 Å². The predicted molar refractivity (Wildman–Crippen MR) is 105 cm³/mol. The molecular formula is C21H28N2O4. The maximum absolute atomic E-state index is 11.8. The summed E-state index contributed by atoms with van der Waals surface area (Å²) in [5.74, 6) is 0.481. The highest BCUT2D eigenvalue weighted by Gasteiger charge is 2.21. The molecule has 1 aromatic heterocycles. The molecule has 6 heteroatoms. The number of rotatable bonds is 5. The highest BCUT2D eigenvalue weighted by Crippen LogP contribution is 2.27. The summed E-state index contributed by atoms with van der Waals surface area (Å²) >= 11 is 0. The van der Waals surface area contributed by atoms with Gasteiger partial charge in [-0.1, -0.05) is 30.3 Å². The fourth-order valence-electron chi connectivity index (χ4n) is 3.45. The molecule has 0 aliphatic carbocycles. The zero-order valence-corrected chi connectivity index (χ0v) is 15.7. The topological polar surface area (TPSA) is 82.8 Å². The lowest BCUT2D eigenvalue weighted by atomic mass is 9.90. The molecule has 1 aromatic carbocycles. The number of carboxylic acid groups (broad SMARTS) is 1. The summed E-state index contributed by atoms with van der Waals surface area (Å²) < 4.78 is 1.61. The summed E-state index contributed by atoms with van der Waals surface area (Å²) in [5, 5.41) is 17.2. The lowest BCUT2D eigenvalue weighted by Crippen LogP contribution is -2.34. The van der Waals surface area contributed by atoms with Crippen molar-refractivity contribution < 1.29 is 15.0 Å². The van der Waals surface area contributed by atoms with Crippen LogP contribution >= 0.6 is 0 Å². The summed E-state index contributed by atoms with van der Waals surface area (Å²) in [6.45, 7) is 2.72. The molecule has 0 spiro atoms. The Kier molecular flexibility index (Phi) is 8.23. The van der Waals surface area contributed by atoms with Crippen LogP contribution in [0.4, 0.5) is 0 Å². The zero-order valence-electron chi connectivity index (χ0n) is 15.7. The van der Waals surface area contributed by atoms with E-state index in [0.717, 1.165) is 44.5 Å². The minimum atomic E-state index is -0.388. The third-order valence-corrected chi connectivity index (χ3v) is 5.09. The van der Waals surface area contributed by atoms with Gasteiger partial charge in [0.15, 0.2) is 0 Å². The number of benzene rings is 1. The molecule has 0 unspecified atom stereocenters. The second kappa shape index (κ2) is 10.6. The summed E-state index contributed by atoms with van der Waals surface area (Å²) in [6, 6.07) is 13.7. The molecule has 1 saturated heterocycles. The van der Waals surface area contributed by atoms with Crippen LogP contribution in [-0.2, 0) is 11.8 Å². The van der Waals surface area contributed by atoms with E-state index < -0.39 is 0 Å². The van der Waals surface area contributed by atoms with Gasteiger partial charge in [-0.05, 0) is 55.5 Å². The fraction of sp³-hybridized carbons (Fsp3) is 0.429. The maximum Gasteiger partial charge on any atom is 0.290 e. The summed E-state index contributed by atoms with van der Waals surface area (Å²) in [4.78, 5) is 22.6. The van der Waals surface area contributed by atoms with Gasteiger partial charge in [0.1, 0.15) is 0 Å². The van der Waals surface area contributed by atoms with Gasteiger partial charge in [0, 0.05) is 25.9 Å². The Morgan fingerprint density at radius 1 is 1.19 bits per heavy atom. The van der Waals surface area contributed by atoms with E-state index >= 15 is 0 Å². The molecule has 0 bridgehead atoms. The number of piperidine rings is 1. The number of hydrogen-bond acceptors (Lipinski definition) is 4. The van der Waals surface area contributed by atoms with Crippen molar-refractivity contribution in [3.05, 3.63) is 70.1 Å². The monoisotopic (exact) mass is 372 g/mol. The van der Waals surface area contributed by atoms with Gasteiger partial charge >= 0.3 is 0 Å². The maximum atomic E-state index is 11.8. The van der Waals surface area contributed by atoms with Crippen LogP contribution in [0.15, 0.2) is 53.5 Å². The molecule has 6 nitrogen and oxygen atoms in total. The van der Waals surface area contributed by atoms with Crippen LogP contribution in [0.5, 0.6) is 0 Å². The first-order chi connectivity index (χ1) is 13.0. The molecule has 0 amide bonds. The Bertz CT molecular complexity index is 752. The molecule has 0 radical (unpaired) electrons. The highest BCUT2D eigenvalue weighted by atomic mass is 16.3. The minimum Gasteiger partial charge on any atom is -0.483 e. The molecule has 2 N–H and O–H groups in total. The van der Waals surface area contributed by atoms with Crippen LogP contribution in [0.1, 0.15) is 42.4 Å². The van der Waals surface area contributed by atoms with Gasteiger partial charge in [0.25, 0.3) is 12.0 Å². The van der Waals surface area contributed by atoms with E-state index in [1.807, 2.05) is 36.5 Å². The van der Waals surface area contributed by atoms with Crippen molar-refractivity contribution in [2.75, 3.05) is 19.6 Å². The van der Waals surface area contributed by atoms with E-state index in [-0.39, 0.29) is 18.1 Å². The Balaban J connectivity index is 0.000000817. The van der Waals surface area contributed by atoms with Crippen molar-refractivity contribution in [1.82, 2.24) is 9.47 Å². The SMILES string of the molecule is Cn1ccc(C2CCN(CC[C@@H](O)c3ccccc3)CC2)cc1=O.O=CO. The van der Waals surface area contributed by atoms with E-state index in [9.17, 15) is 9.90 Å². The number of carbonyl (C=O) groups is 1. The number of aryl methyl sites for hydroxylation is 1. The lowest BCUT2D eigenvalue weighted by molar-refractivity contribution is -0.122. The number of likely N-dealkylation sites (tertiary alicyclic amines) is 1. The Morgan fingerprint density at radius 2 is 1.81 bits per heavy atom. The first kappa shape index (κ1) is 20.9. The standard InChI is InChI=1S/C20H26N2O2.CH2O2/c1-21-11-7-18(15-20(21)24)16-8-12-22(13-9-16)14-10-19(23)17-5-3-2-4-6-17;2-1-3/h2-7,11,15-16,19,23H,8-10,12-14H2,1H3;1H,(H,2,3)/t19-;/m1./s1. The molecular weight excluding hydrogens is 344 g/mol. The van der Waals surface area contributed by atoms with Gasteiger partial charge in [-0.2, -0.15) is 0 Å². The van der Waals surface area contributed by atoms with Gasteiger partial charge in [-0.15, -0.1) is 0 Å². The van der Waals surface area contributed by atoms with Gasteiger partial charge in [-0.25, -0.2) is 0 Å². The van der Waals surface area contributed by atoms with Crippen molar-refractivity contribution in [3.8, 4) is 0 Å². The van der Waals surface area contributed by atoms with Crippen molar-refractivity contribution >= 4 is 6.47 Å². The normalized spacial score (nSPS) is 16.2. The second-order valence-electron chi connectivity index (χ2n) is 6.85. The van der Waals surface area contributed by atoms with Crippen LogP contribution in [0.2, 0.25) is 0 Å². The van der Waals surface area contributed by atoms with Crippen LogP contribution in [-0.4, -0.2) is 45.8 Å². The smallest absolute Gasteiger partial charge is 0.290 e. The first-order valence-corrected chi connectivity index (χ1v) is 9.25. The number of aliphatic hydroxyl groups excluding tert-OH is 1. The third-order valence-electron chi connectivity index (χ3n) is 5.09. The molecule has 27 heavy (non-hydrogen) atoms. The molecule has 2 heterocycles. The van der Waals surface area contributed by atoms with E-state index in [4.69, 9.17) is 9.90 Å². The van der Waals surface area contributed by atoms with Crippen molar-refractivity contribution in [2.45, 2.75) is 31.3 Å². The zero-order chi connectivity index (χ0) is 19.6. The molecule has 1 aliphatic rings. The van der Waals surface area contributed by atoms with Crippen LogP contribution in [0.25, 0.3) is 0 Å². The summed E-state index contributed by atoms with van der Waals surface area (Å²) in [6.07, 6.45) is 4.39.